The minimum atomic E-state index is -1.11. The molecular weight excluding hydrogens is 396 g/mol. The van der Waals surface area contributed by atoms with Gasteiger partial charge in [0.05, 0.1) is 19.4 Å². The van der Waals surface area contributed by atoms with Crippen LogP contribution < -0.4 is 0 Å². The summed E-state index contributed by atoms with van der Waals surface area (Å²) in [6, 6.07) is 9.39. The summed E-state index contributed by atoms with van der Waals surface area (Å²) < 4.78 is 9.03. The second-order valence-electron chi connectivity index (χ2n) is 6.11. The highest BCUT2D eigenvalue weighted by atomic mass is 16.6. The van der Waals surface area contributed by atoms with Crippen LogP contribution in [0.1, 0.15) is 32.3 Å². The Morgan fingerprint density at radius 1 is 1.07 bits per heavy atom. The molecule has 0 bridgehead atoms. The number of aliphatic carboxylic acids is 1. The van der Waals surface area contributed by atoms with Gasteiger partial charge in [-0.2, -0.15) is 0 Å². The van der Waals surface area contributed by atoms with Crippen LogP contribution in [-0.4, -0.2) is 58.5 Å². The topological polar surface area (TPSA) is 147 Å². The highest BCUT2D eigenvalue weighted by Gasteiger charge is 2.12. The van der Waals surface area contributed by atoms with Crippen LogP contribution in [0.4, 0.5) is 0 Å². The number of hydrogen-bond acceptors (Lipinski definition) is 8. The second kappa shape index (κ2) is 14.7. The largest absolute Gasteiger partial charge is 0.481 e. The van der Waals surface area contributed by atoms with Gasteiger partial charge < -0.3 is 24.8 Å². The molecule has 1 aromatic carbocycles. The molecule has 164 valence electrons. The van der Waals surface area contributed by atoms with Crippen molar-refractivity contribution in [2.45, 2.75) is 32.8 Å². The Balaban J connectivity index is 0.000000584. The van der Waals surface area contributed by atoms with E-state index in [1.165, 1.54) is 6.92 Å². The Labute approximate surface area is 174 Å². The van der Waals surface area contributed by atoms with Gasteiger partial charge in [0.15, 0.2) is 0 Å². The number of ether oxygens (including phenoxy) is 2. The van der Waals surface area contributed by atoms with E-state index in [-0.39, 0.29) is 25.0 Å². The molecule has 0 amide bonds. The first-order valence-electron chi connectivity index (χ1n) is 8.88. The molecule has 1 rings (SSSR count). The molecule has 3 N–H and O–H groups in total. The van der Waals surface area contributed by atoms with Gasteiger partial charge in [-0.3, -0.25) is 9.59 Å². The van der Waals surface area contributed by atoms with Crippen LogP contribution in [-0.2, 0) is 28.7 Å². The summed E-state index contributed by atoms with van der Waals surface area (Å²) >= 11 is 0. The molecule has 0 saturated carbocycles. The third-order valence-electron chi connectivity index (χ3n) is 3.22. The average molecular weight is 422 g/mol. The first-order chi connectivity index (χ1) is 14.1. The molecule has 9 nitrogen and oxygen atoms in total. The Bertz CT molecular complexity index is 766. The van der Waals surface area contributed by atoms with Crippen molar-refractivity contribution in [2.75, 3.05) is 13.2 Å². The molecule has 0 fully saturated rings. The maximum absolute atomic E-state index is 11.5. The van der Waals surface area contributed by atoms with Gasteiger partial charge in [-0.15, -0.1) is 0 Å². The van der Waals surface area contributed by atoms with Gasteiger partial charge in [-0.25, -0.2) is 9.59 Å². The number of carboxylic acids is 1. The Morgan fingerprint density at radius 3 is 2.17 bits per heavy atom. The zero-order valence-electron chi connectivity index (χ0n) is 16.9. The van der Waals surface area contributed by atoms with Gasteiger partial charge in [0.1, 0.15) is 12.7 Å². The van der Waals surface area contributed by atoms with Crippen molar-refractivity contribution in [3.8, 4) is 0 Å². The maximum Gasteiger partial charge on any atom is 0.340 e. The number of rotatable bonds is 9. The van der Waals surface area contributed by atoms with E-state index in [1.54, 1.807) is 13.0 Å². The van der Waals surface area contributed by atoms with Crippen LogP contribution in [0.25, 0.3) is 6.08 Å². The lowest BCUT2D eigenvalue weighted by Gasteiger charge is -2.08. The molecule has 0 radical (unpaired) electrons. The summed E-state index contributed by atoms with van der Waals surface area (Å²) in [5, 5.41) is 25.8. The van der Waals surface area contributed by atoms with Crippen molar-refractivity contribution in [3.05, 3.63) is 53.6 Å². The number of hydrogen-bond donors (Lipinski definition) is 3. The van der Waals surface area contributed by atoms with E-state index in [0.29, 0.717) is 5.57 Å². The lowest BCUT2D eigenvalue weighted by atomic mass is 10.1. The molecule has 0 aliphatic heterocycles. The number of esters is 3. The number of aliphatic hydroxyl groups is 2. The minimum absolute atomic E-state index is 0.101. The van der Waals surface area contributed by atoms with Crippen LogP contribution in [0.5, 0.6) is 0 Å². The van der Waals surface area contributed by atoms with Crippen LogP contribution >= 0.6 is 0 Å². The van der Waals surface area contributed by atoms with Gasteiger partial charge in [-0.05, 0) is 25.5 Å². The van der Waals surface area contributed by atoms with Crippen LogP contribution in [0.2, 0.25) is 0 Å². The fourth-order valence-corrected chi connectivity index (χ4v) is 1.65. The molecule has 9 heteroatoms. The molecule has 1 aromatic rings. The van der Waals surface area contributed by atoms with Crippen molar-refractivity contribution < 1.29 is 44.0 Å². The smallest absolute Gasteiger partial charge is 0.340 e. The van der Waals surface area contributed by atoms with E-state index in [0.717, 1.165) is 5.56 Å². The maximum atomic E-state index is 11.5. The summed E-state index contributed by atoms with van der Waals surface area (Å²) in [6.45, 7) is 5.67. The minimum Gasteiger partial charge on any atom is -0.481 e. The van der Waals surface area contributed by atoms with E-state index in [1.807, 2.05) is 30.3 Å². The predicted molar refractivity (Wildman–Crippen MR) is 107 cm³/mol. The van der Waals surface area contributed by atoms with Crippen molar-refractivity contribution in [1.82, 2.24) is 0 Å². The molecule has 30 heavy (non-hydrogen) atoms. The highest BCUT2D eigenvalue weighted by molar-refractivity contribution is 5.95. The Hall–Kier alpha value is -3.30. The van der Waals surface area contributed by atoms with Gasteiger partial charge in [-0.1, -0.05) is 36.9 Å². The third kappa shape index (κ3) is 13.0. The summed E-state index contributed by atoms with van der Waals surface area (Å²) in [6.07, 6.45) is 0.0214. The van der Waals surface area contributed by atoms with Gasteiger partial charge in [0.25, 0.3) is 0 Å². The Morgan fingerprint density at radius 2 is 1.67 bits per heavy atom. The molecule has 0 aromatic heterocycles. The van der Waals surface area contributed by atoms with E-state index in [2.05, 4.69) is 11.3 Å². The summed E-state index contributed by atoms with van der Waals surface area (Å²) in [4.78, 5) is 42.9. The number of benzene rings is 1. The summed E-state index contributed by atoms with van der Waals surface area (Å²) in [5.74, 6) is -3.29. The van der Waals surface area contributed by atoms with Crippen LogP contribution in [0.3, 0.4) is 0 Å². The summed E-state index contributed by atoms with van der Waals surface area (Å²) in [5.41, 5.74) is 1.45. The molecule has 0 spiro atoms. The van der Waals surface area contributed by atoms with Crippen molar-refractivity contribution in [1.29, 1.82) is 0 Å². The standard InChI is InChI=1S/C13H16O4.C8H10O5/c1-10(7-11-5-3-2-4-6-11)13(16)17-9-12(15)8-14;1-5(2)8(12)13-7(11)4-3-6(9)10/h2-7,12,14-15H,8-9H2,1H3;1,3-4H2,2H3,(H,9,10). The second-order valence-corrected chi connectivity index (χ2v) is 6.11. The molecule has 0 saturated heterocycles. The number of aliphatic hydroxyl groups excluding tert-OH is 2. The lowest BCUT2D eigenvalue weighted by Crippen LogP contribution is -2.22. The number of carbonyl (C=O) groups excluding carboxylic acids is 3. The van der Waals surface area contributed by atoms with E-state index >= 15 is 0 Å². The average Bonchev–Trinajstić information content (AvgIpc) is 2.71. The molecule has 1 unspecified atom stereocenters. The van der Waals surface area contributed by atoms with E-state index in [4.69, 9.17) is 20.1 Å². The molecule has 0 aliphatic rings. The predicted octanol–water partition coefficient (Wildman–Crippen LogP) is 1.48. The molecule has 1 atom stereocenters. The van der Waals surface area contributed by atoms with E-state index in [9.17, 15) is 19.2 Å². The zero-order chi connectivity index (χ0) is 23.1. The van der Waals surface area contributed by atoms with Gasteiger partial charge in [0.2, 0.25) is 0 Å². The Kier molecular flexibility index (Phi) is 13.1. The SMILES string of the molecule is C=C(C)C(=O)OC(=O)CCC(=O)O.CC(=Cc1ccccc1)C(=O)OCC(O)CO. The zero-order valence-corrected chi connectivity index (χ0v) is 16.9. The molecular formula is C21H26O9. The van der Waals surface area contributed by atoms with Crippen molar-refractivity contribution in [3.63, 3.8) is 0 Å². The van der Waals surface area contributed by atoms with Gasteiger partial charge >= 0.3 is 23.9 Å². The number of carboxylic acid groups (broad SMARTS) is 1. The number of carbonyl (C=O) groups is 4. The molecule has 0 aliphatic carbocycles. The molecule has 0 heterocycles. The fraction of sp³-hybridized carbons (Fsp3) is 0.333. The normalized spacial score (nSPS) is 11.4. The van der Waals surface area contributed by atoms with E-state index < -0.39 is 36.6 Å². The monoisotopic (exact) mass is 422 g/mol. The van der Waals surface area contributed by atoms with Crippen LogP contribution in [0.15, 0.2) is 48.1 Å². The fourth-order valence-electron chi connectivity index (χ4n) is 1.65. The lowest BCUT2D eigenvalue weighted by molar-refractivity contribution is -0.158. The quantitative estimate of drug-likeness (QED) is 0.306. The van der Waals surface area contributed by atoms with Crippen molar-refractivity contribution >= 4 is 30.0 Å². The first kappa shape index (κ1) is 26.7. The van der Waals surface area contributed by atoms with Gasteiger partial charge in [0, 0.05) is 11.1 Å². The highest BCUT2D eigenvalue weighted by Crippen LogP contribution is 2.07. The third-order valence-corrected chi connectivity index (χ3v) is 3.22. The van der Waals surface area contributed by atoms with Crippen LogP contribution in [0, 0.1) is 0 Å². The summed E-state index contributed by atoms with van der Waals surface area (Å²) in [7, 11) is 0. The first-order valence-corrected chi connectivity index (χ1v) is 8.88. The van der Waals surface area contributed by atoms with Crippen molar-refractivity contribution in [2.24, 2.45) is 0 Å².